The quantitative estimate of drug-likeness (QED) is 0.813. The number of sulfonamides is 1. The third-order valence-corrected chi connectivity index (χ3v) is 7.07. The minimum absolute atomic E-state index is 0.253. The predicted molar refractivity (Wildman–Crippen MR) is 88.5 cm³/mol. The lowest BCUT2D eigenvalue weighted by molar-refractivity contribution is 0.0719. The lowest BCUT2D eigenvalue weighted by Crippen LogP contribution is -2.43. The second kappa shape index (κ2) is 7.32. The number of aromatic nitrogens is 2. The fourth-order valence-electron chi connectivity index (χ4n) is 3.61. The molecule has 0 spiro atoms. The van der Waals surface area contributed by atoms with Crippen LogP contribution in [0, 0.1) is 11.8 Å². The summed E-state index contributed by atoms with van der Waals surface area (Å²) < 4.78 is 34.5. The van der Waals surface area contributed by atoms with Crippen LogP contribution in [0.2, 0.25) is 0 Å². The van der Waals surface area contributed by atoms with Gasteiger partial charge in [-0.05, 0) is 37.5 Å². The molecular formula is C16H27N3O3S. The highest BCUT2D eigenvalue weighted by atomic mass is 32.2. The molecule has 1 aromatic rings. The van der Waals surface area contributed by atoms with Crippen LogP contribution in [0.4, 0.5) is 0 Å². The van der Waals surface area contributed by atoms with Crippen molar-refractivity contribution in [1.82, 2.24) is 13.9 Å². The Morgan fingerprint density at radius 3 is 2.74 bits per heavy atom. The van der Waals surface area contributed by atoms with Gasteiger partial charge in [-0.15, -0.1) is 0 Å². The zero-order valence-corrected chi connectivity index (χ0v) is 14.7. The summed E-state index contributed by atoms with van der Waals surface area (Å²) in [5.41, 5.74) is 0. The molecule has 0 amide bonds. The van der Waals surface area contributed by atoms with Crippen LogP contribution in [-0.2, 0) is 28.2 Å². The maximum absolute atomic E-state index is 12.7. The van der Waals surface area contributed by atoms with E-state index in [2.05, 4.69) is 4.98 Å². The van der Waals surface area contributed by atoms with Gasteiger partial charge in [-0.2, -0.15) is 0 Å². The van der Waals surface area contributed by atoms with Gasteiger partial charge in [-0.25, -0.2) is 17.7 Å². The highest BCUT2D eigenvalue weighted by Crippen LogP contribution is 2.25. The van der Waals surface area contributed by atoms with Crippen molar-refractivity contribution in [3.05, 3.63) is 18.2 Å². The van der Waals surface area contributed by atoms with E-state index >= 15 is 0 Å². The van der Waals surface area contributed by atoms with Crippen molar-refractivity contribution in [3.63, 3.8) is 0 Å². The number of imidazole rings is 1. The van der Waals surface area contributed by atoms with Gasteiger partial charge < -0.3 is 9.30 Å². The average Bonchev–Trinajstić information content (AvgIpc) is 2.93. The summed E-state index contributed by atoms with van der Waals surface area (Å²) in [6, 6.07) is 0. The van der Waals surface area contributed by atoms with Crippen LogP contribution < -0.4 is 0 Å². The Labute approximate surface area is 138 Å². The number of rotatable bonds is 5. The number of hydrogen-bond acceptors (Lipinski definition) is 4. The predicted octanol–water partition coefficient (Wildman–Crippen LogP) is 1.43. The van der Waals surface area contributed by atoms with Crippen LogP contribution in [0.5, 0.6) is 0 Å². The van der Waals surface area contributed by atoms with E-state index in [1.54, 1.807) is 10.5 Å². The summed E-state index contributed by atoms with van der Waals surface area (Å²) in [5, 5.41) is 0. The van der Waals surface area contributed by atoms with Crippen LogP contribution >= 0.6 is 0 Å². The SMILES string of the molecule is Cn1ccnc1C[C@@H]1CCCN(S(=O)(=O)CC2CCOCC2)C1. The number of hydrogen-bond donors (Lipinski definition) is 0. The van der Waals surface area contributed by atoms with Crippen molar-refractivity contribution in [2.24, 2.45) is 18.9 Å². The fourth-order valence-corrected chi connectivity index (χ4v) is 5.60. The zero-order chi connectivity index (χ0) is 16.3. The van der Waals surface area contributed by atoms with Gasteiger partial charge in [0, 0.05) is 52.2 Å². The maximum Gasteiger partial charge on any atom is 0.214 e. The van der Waals surface area contributed by atoms with Gasteiger partial charge in [0.2, 0.25) is 10.0 Å². The van der Waals surface area contributed by atoms with Crippen LogP contribution in [0.15, 0.2) is 12.4 Å². The third-order valence-electron chi connectivity index (χ3n) is 5.05. The Kier molecular flexibility index (Phi) is 5.38. The highest BCUT2D eigenvalue weighted by Gasteiger charge is 2.31. The molecule has 0 bridgehead atoms. The van der Waals surface area contributed by atoms with Gasteiger partial charge >= 0.3 is 0 Å². The fraction of sp³-hybridized carbons (Fsp3) is 0.812. The van der Waals surface area contributed by atoms with E-state index in [1.165, 1.54) is 0 Å². The number of nitrogens with zero attached hydrogens (tertiary/aromatic N) is 3. The molecule has 0 unspecified atom stereocenters. The second-order valence-electron chi connectivity index (χ2n) is 6.86. The molecule has 0 aliphatic carbocycles. The van der Waals surface area contributed by atoms with Crippen LogP contribution in [0.25, 0.3) is 0 Å². The van der Waals surface area contributed by atoms with Crippen LogP contribution in [0.3, 0.4) is 0 Å². The first kappa shape index (κ1) is 16.9. The van der Waals surface area contributed by atoms with Gasteiger partial charge in [0.05, 0.1) is 5.75 Å². The summed E-state index contributed by atoms with van der Waals surface area (Å²) in [4.78, 5) is 4.37. The monoisotopic (exact) mass is 341 g/mol. The summed E-state index contributed by atoms with van der Waals surface area (Å²) in [7, 11) is -1.16. The Hall–Kier alpha value is -0.920. The minimum Gasteiger partial charge on any atom is -0.381 e. The molecule has 2 saturated heterocycles. The van der Waals surface area contributed by atoms with Crippen molar-refractivity contribution in [2.75, 3.05) is 32.1 Å². The molecule has 6 nitrogen and oxygen atoms in total. The second-order valence-corrected chi connectivity index (χ2v) is 8.87. The van der Waals surface area contributed by atoms with Gasteiger partial charge in [0.1, 0.15) is 5.82 Å². The van der Waals surface area contributed by atoms with Gasteiger partial charge in [0.15, 0.2) is 0 Å². The van der Waals surface area contributed by atoms with Gasteiger partial charge in [-0.1, -0.05) is 0 Å². The number of aryl methyl sites for hydroxylation is 1. The van der Waals surface area contributed by atoms with E-state index in [1.807, 2.05) is 17.8 Å². The van der Waals surface area contributed by atoms with E-state index in [0.29, 0.717) is 32.2 Å². The largest absolute Gasteiger partial charge is 0.381 e. The molecule has 2 aliphatic rings. The summed E-state index contributed by atoms with van der Waals surface area (Å²) in [6.45, 7) is 2.70. The summed E-state index contributed by atoms with van der Waals surface area (Å²) in [5.74, 6) is 1.95. The molecule has 7 heteroatoms. The van der Waals surface area contributed by atoms with Gasteiger partial charge in [-0.3, -0.25) is 0 Å². The summed E-state index contributed by atoms with van der Waals surface area (Å²) >= 11 is 0. The van der Waals surface area contributed by atoms with E-state index in [9.17, 15) is 8.42 Å². The first-order valence-corrected chi connectivity index (χ1v) is 10.2. The Bertz CT molecular complexity index is 608. The first-order valence-electron chi connectivity index (χ1n) is 8.56. The minimum atomic E-state index is -3.15. The molecule has 0 aromatic carbocycles. The Morgan fingerprint density at radius 2 is 2.04 bits per heavy atom. The van der Waals surface area contributed by atoms with Crippen molar-refractivity contribution in [3.8, 4) is 0 Å². The molecular weight excluding hydrogens is 314 g/mol. The average molecular weight is 341 g/mol. The molecule has 3 heterocycles. The van der Waals surface area contributed by atoms with E-state index in [4.69, 9.17) is 4.74 Å². The van der Waals surface area contributed by atoms with E-state index < -0.39 is 10.0 Å². The number of ether oxygens (including phenoxy) is 1. The topological polar surface area (TPSA) is 64.4 Å². The highest BCUT2D eigenvalue weighted by molar-refractivity contribution is 7.89. The third kappa shape index (κ3) is 4.33. The van der Waals surface area contributed by atoms with Crippen LogP contribution in [0.1, 0.15) is 31.5 Å². The van der Waals surface area contributed by atoms with Crippen molar-refractivity contribution >= 4 is 10.0 Å². The van der Waals surface area contributed by atoms with Crippen molar-refractivity contribution < 1.29 is 13.2 Å². The Morgan fingerprint density at radius 1 is 1.26 bits per heavy atom. The molecule has 0 radical (unpaired) electrons. The lowest BCUT2D eigenvalue weighted by Gasteiger charge is -2.33. The van der Waals surface area contributed by atoms with Gasteiger partial charge in [0.25, 0.3) is 0 Å². The number of piperidine rings is 1. The van der Waals surface area contributed by atoms with E-state index in [0.717, 1.165) is 37.9 Å². The van der Waals surface area contributed by atoms with Crippen LogP contribution in [-0.4, -0.2) is 54.3 Å². The molecule has 2 fully saturated rings. The zero-order valence-electron chi connectivity index (χ0n) is 13.9. The molecule has 0 N–H and O–H groups in total. The smallest absolute Gasteiger partial charge is 0.214 e. The van der Waals surface area contributed by atoms with E-state index in [-0.39, 0.29) is 11.7 Å². The standard InChI is InChI=1S/C16H27N3O3S/c1-18-8-6-17-16(18)11-15-3-2-7-19(12-15)23(20,21)13-14-4-9-22-10-5-14/h6,8,14-15H,2-5,7,9-13H2,1H3/t15-/m0/s1. The molecule has 130 valence electrons. The normalized spacial score (nSPS) is 24.8. The maximum atomic E-state index is 12.7. The summed E-state index contributed by atoms with van der Waals surface area (Å²) in [6.07, 6.45) is 8.36. The Balaban J connectivity index is 1.59. The molecule has 1 atom stereocenters. The molecule has 2 aliphatic heterocycles. The molecule has 1 aromatic heterocycles. The molecule has 23 heavy (non-hydrogen) atoms. The molecule has 3 rings (SSSR count). The molecule has 0 saturated carbocycles. The first-order chi connectivity index (χ1) is 11.0. The lowest BCUT2D eigenvalue weighted by atomic mass is 9.96. The van der Waals surface area contributed by atoms with Crippen molar-refractivity contribution in [2.45, 2.75) is 32.1 Å². The van der Waals surface area contributed by atoms with Crippen molar-refractivity contribution in [1.29, 1.82) is 0 Å².